The number of anilines is 1. The number of likely N-dealkylation sites (tertiary alicyclic amines) is 1. The first-order chi connectivity index (χ1) is 8.95. The maximum atomic E-state index is 12.4. The van der Waals surface area contributed by atoms with Gasteiger partial charge in [0.15, 0.2) is 0 Å². The highest BCUT2D eigenvalue weighted by Crippen LogP contribution is 2.23. The summed E-state index contributed by atoms with van der Waals surface area (Å²) in [7, 11) is 1.79. The number of nitrogens with one attached hydrogen (secondary N) is 1. The van der Waals surface area contributed by atoms with Crippen LogP contribution in [0.3, 0.4) is 0 Å². The van der Waals surface area contributed by atoms with Gasteiger partial charge in [-0.15, -0.1) is 0 Å². The van der Waals surface area contributed by atoms with Crippen LogP contribution >= 0.6 is 0 Å². The first-order valence-corrected chi connectivity index (χ1v) is 6.65. The first-order valence-electron chi connectivity index (χ1n) is 6.65. The lowest BCUT2D eigenvalue weighted by Gasteiger charge is -2.19. The standard InChI is InChI=1S/C14H21N3O2/c1-4-11-7-10(8-12(15-3)16-11)13(18)17-6-5-14(2,19)9-17/h7-8,19H,4-6,9H2,1-3H3,(H,15,16). The molecule has 0 aromatic carbocycles. The van der Waals surface area contributed by atoms with Gasteiger partial charge in [-0.3, -0.25) is 4.79 Å². The fraction of sp³-hybridized carbons (Fsp3) is 0.571. The number of carbonyl (C=O) groups excluding carboxylic acids is 1. The van der Waals surface area contributed by atoms with Crippen LogP contribution in [0.25, 0.3) is 0 Å². The zero-order valence-electron chi connectivity index (χ0n) is 11.7. The maximum absolute atomic E-state index is 12.4. The second-order valence-corrected chi connectivity index (χ2v) is 5.31. The summed E-state index contributed by atoms with van der Waals surface area (Å²) in [6, 6.07) is 3.59. The summed E-state index contributed by atoms with van der Waals surface area (Å²) < 4.78 is 0. The van der Waals surface area contributed by atoms with Crippen LogP contribution in [-0.2, 0) is 6.42 Å². The van der Waals surface area contributed by atoms with Crippen LogP contribution in [0.2, 0.25) is 0 Å². The number of hydrogen-bond donors (Lipinski definition) is 2. The summed E-state index contributed by atoms with van der Waals surface area (Å²) >= 11 is 0. The SMILES string of the molecule is CCc1cc(C(=O)N2CCC(C)(O)C2)cc(NC)n1. The molecule has 5 heteroatoms. The van der Waals surface area contributed by atoms with Crippen molar-refractivity contribution in [2.45, 2.75) is 32.3 Å². The third-order valence-corrected chi connectivity index (χ3v) is 3.48. The summed E-state index contributed by atoms with van der Waals surface area (Å²) in [6.07, 6.45) is 1.41. The zero-order valence-corrected chi connectivity index (χ0v) is 11.7. The molecule has 0 saturated carbocycles. The van der Waals surface area contributed by atoms with Crippen molar-refractivity contribution in [2.24, 2.45) is 0 Å². The van der Waals surface area contributed by atoms with E-state index in [1.54, 1.807) is 24.9 Å². The molecule has 1 fully saturated rings. The number of pyridine rings is 1. The molecule has 2 N–H and O–H groups in total. The largest absolute Gasteiger partial charge is 0.388 e. The molecule has 5 nitrogen and oxygen atoms in total. The molecule has 2 heterocycles. The minimum Gasteiger partial charge on any atom is -0.388 e. The number of aliphatic hydroxyl groups is 1. The molecule has 19 heavy (non-hydrogen) atoms. The van der Waals surface area contributed by atoms with Gasteiger partial charge in [0.2, 0.25) is 0 Å². The molecule has 1 aromatic rings. The smallest absolute Gasteiger partial charge is 0.254 e. The minimum atomic E-state index is -0.762. The van der Waals surface area contributed by atoms with E-state index in [2.05, 4.69) is 10.3 Å². The van der Waals surface area contributed by atoms with E-state index in [9.17, 15) is 9.90 Å². The van der Waals surface area contributed by atoms with E-state index >= 15 is 0 Å². The van der Waals surface area contributed by atoms with Crippen LogP contribution in [0.4, 0.5) is 5.82 Å². The van der Waals surface area contributed by atoms with Gasteiger partial charge in [-0.2, -0.15) is 0 Å². The molecule has 1 aliphatic rings. The second-order valence-electron chi connectivity index (χ2n) is 5.31. The average Bonchev–Trinajstić information content (AvgIpc) is 2.77. The summed E-state index contributed by atoms with van der Waals surface area (Å²) in [5.74, 6) is 0.667. The van der Waals surface area contributed by atoms with Crippen molar-refractivity contribution >= 4 is 11.7 Å². The average molecular weight is 263 g/mol. The lowest BCUT2D eigenvalue weighted by Crippen LogP contribution is -2.34. The Morgan fingerprint density at radius 1 is 1.58 bits per heavy atom. The zero-order chi connectivity index (χ0) is 14.0. The van der Waals surface area contributed by atoms with Crippen LogP contribution in [0.5, 0.6) is 0 Å². The predicted octanol–water partition coefficient (Wildman–Crippen LogP) is 1.28. The second kappa shape index (κ2) is 5.17. The Morgan fingerprint density at radius 3 is 2.84 bits per heavy atom. The summed E-state index contributed by atoms with van der Waals surface area (Å²) in [4.78, 5) is 18.5. The lowest BCUT2D eigenvalue weighted by molar-refractivity contribution is 0.0572. The van der Waals surface area contributed by atoms with Crippen LogP contribution in [0.1, 0.15) is 36.3 Å². The van der Waals surface area contributed by atoms with Gasteiger partial charge in [-0.05, 0) is 31.9 Å². The molecule has 104 valence electrons. The van der Waals surface area contributed by atoms with Crippen molar-refractivity contribution in [1.29, 1.82) is 0 Å². The number of amides is 1. The lowest BCUT2D eigenvalue weighted by atomic mass is 10.1. The van der Waals surface area contributed by atoms with Crippen molar-refractivity contribution in [2.75, 3.05) is 25.5 Å². The Morgan fingerprint density at radius 2 is 2.32 bits per heavy atom. The van der Waals surface area contributed by atoms with E-state index < -0.39 is 5.60 Å². The Hall–Kier alpha value is -1.62. The molecule has 1 aliphatic heterocycles. The number of hydrogen-bond acceptors (Lipinski definition) is 4. The molecular weight excluding hydrogens is 242 g/mol. The van der Waals surface area contributed by atoms with Gasteiger partial charge in [0.25, 0.3) is 5.91 Å². The van der Waals surface area contributed by atoms with Crippen molar-refractivity contribution in [1.82, 2.24) is 9.88 Å². The summed E-state index contributed by atoms with van der Waals surface area (Å²) in [5.41, 5.74) is 0.761. The van der Waals surface area contributed by atoms with E-state index in [0.717, 1.165) is 12.1 Å². The quantitative estimate of drug-likeness (QED) is 0.862. The molecule has 1 amide bonds. The van der Waals surface area contributed by atoms with Crippen LogP contribution in [-0.4, -0.2) is 46.6 Å². The molecule has 2 rings (SSSR count). The number of aryl methyl sites for hydroxylation is 1. The maximum Gasteiger partial charge on any atom is 0.254 e. The van der Waals surface area contributed by atoms with Crippen molar-refractivity contribution in [3.63, 3.8) is 0 Å². The number of rotatable bonds is 3. The number of β-amino-alcohol motifs (C(OH)–C–C–N with tert-alkyl or cyclic N) is 1. The Balaban J connectivity index is 2.24. The highest BCUT2D eigenvalue weighted by atomic mass is 16.3. The Bertz CT molecular complexity index is 463. The first kappa shape index (κ1) is 13.8. The van der Waals surface area contributed by atoms with Crippen molar-refractivity contribution in [3.8, 4) is 0 Å². The third-order valence-electron chi connectivity index (χ3n) is 3.48. The molecule has 0 aliphatic carbocycles. The van der Waals surface area contributed by atoms with E-state index in [0.29, 0.717) is 30.9 Å². The summed E-state index contributed by atoms with van der Waals surface area (Å²) in [6.45, 7) is 4.77. The molecule has 1 aromatic heterocycles. The Kier molecular flexibility index (Phi) is 3.75. The molecule has 1 atom stereocenters. The molecule has 1 unspecified atom stereocenters. The Labute approximate surface area is 113 Å². The minimum absolute atomic E-state index is 0.0358. The van der Waals surface area contributed by atoms with E-state index in [-0.39, 0.29) is 5.91 Å². The van der Waals surface area contributed by atoms with Gasteiger partial charge in [0, 0.05) is 31.4 Å². The molecule has 0 bridgehead atoms. The third kappa shape index (κ3) is 3.04. The molecule has 1 saturated heterocycles. The van der Waals surface area contributed by atoms with Gasteiger partial charge < -0.3 is 15.3 Å². The van der Waals surface area contributed by atoms with Crippen molar-refractivity contribution in [3.05, 3.63) is 23.4 Å². The highest BCUT2D eigenvalue weighted by molar-refractivity contribution is 5.95. The number of carbonyl (C=O) groups is 1. The monoisotopic (exact) mass is 263 g/mol. The molecule has 0 radical (unpaired) electrons. The normalized spacial score (nSPS) is 22.6. The highest BCUT2D eigenvalue weighted by Gasteiger charge is 2.34. The van der Waals surface area contributed by atoms with Gasteiger partial charge >= 0.3 is 0 Å². The van der Waals surface area contributed by atoms with E-state index in [1.807, 2.05) is 13.0 Å². The topological polar surface area (TPSA) is 65.5 Å². The van der Waals surface area contributed by atoms with E-state index in [1.165, 1.54) is 0 Å². The van der Waals surface area contributed by atoms with Crippen LogP contribution in [0, 0.1) is 0 Å². The predicted molar refractivity (Wildman–Crippen MR) is 74.3 cm³/mol. The summed E-state index contributed by atoms with van der Waals surface area (Å²) in [5, 5.41) is 12.9. The van der Waals surface area contributed by atoms with Gasteiger partial charge in [-0.25, -0.2) is 4.98 Å². The van der Waals surface area contributed by atoms with Gasteiger partial charge in [-0.1, -0.05) is 6.92 Å². The van der Waals surface area contributed by atoms with Crippen LogP contribution < -0.4 is 5.32 Å². The fourth-order valence-corrected chi connectivity index (χ4v) is 2.32. The van der Waals surface area contributed by atoms with Crippen LogP contribution in [0.15, 0.2) is 12.1 Å². The van der Waals surface area contributed by atoms with Gasteiger partial charge in [0.05, 0.1) is 5.60 Å². The van der Waals surface area contributed by atoms with E-state index in [4.69, 9.17) is 0 Å². The number of aromatic nitrogens is 1. The van der Waals surface area contributed by atoms with Gasteiger partial charge in [0.1, 0.15) is 5.82 Å². The fourth-order valence-electron chi connectivity index (χ4n) is 2.32. The molecular formula is C14H21N3O2. The molecule has 0 spiro atoms. The number of nitrogens with zero attached hydrogens (tertiary/aromatic N) is 2. The van der Waals surface area contributed by atoms with Crippen molar-refractivity contribution < 1.29 is 9.90 Å².